The lowest BCUT2D eigenvalue weighted by Gasteiger charge is -2.04. The van der Waals surface area contributed by atoms with Gasteiger partial charge >= 0.3 is 0 Å². The number of fused-ring (bicyclic) bond motifs is 1. The highest BCUT2D eigenvalue weighted by molar-refractivity contribution is 7.10. The van der Waals surface area contributed by atoms with Crippen molar-refractivity contribution in [3.05, 3.63) is 58.2 Å². The Hall–Kier alpha value is -1.65. The van der Waals surface area contributed by atoms with Crippen LogP contribution in [0.25, 0.3) is 11.0 Å². The molecule has 0 fully saturated rings. The Morgan fingerprint density at radius 1 is 1.24 bits per heavy atom. The van der Waals surface area contributed by atoms with E-state index in [1.165, 1.54) is 6.07 Å². The molecule has 2 N–H and O–H groups in total. The van der Waals surface area contributed by atoms with Crippen molar-refractivity contribution in [3.63, 3.8) is 0 Å². The van der Waals surface area contributed by atoms with Gasteiger partial charge in [0.05, 0.1) is 6.04 Å². The van der Waals surface area contributed by atoms with Crippen LogP contribution in [-0.4, -0.2) is 0 Å². The van der Waals surface area contributed by atoms with Gasteiger partial charge in [-0.2, -0.15) is 0 Å². The summed E-state index contributed by atoms with van der Waals surface area (Å²) in [6.45, 7) is 0. The molecular formula is C13H10FNOS. The second-order valence-electron chi connectivity index (χ2n) is 3.80. The number of benzene rings is 1. The first-order valence-corrected chi connectivity index (χ1v) is 6.10. The molecule has 3 rings (SSSR count). The van der Waals surface area contributed by atoms with E-state index in [-0.39, 0.29) is 17.4 Å². The van der Waals surface area contributed by atoms with Crippen molar-refractivity contribution >= 4 is 22.3 Å². The molecule has 0 aliphatic carbocycles. The SMILES string of the molecule is NC(c1cc2cccc(F)c2o1)c1cccs1. The zero-order valence-corrected chi connectivity index (χ0v) is 9.71. The molecule has 3 aromatic rings. The second kappa shape index (κ2) is 3.98. The van der Waals surface area contributed by atoms with Crippen LogP contribution in [0.4, 0.5) is 4.39 Å². The van der Waals surface area contributed by atoms with Gasteiger partial charge < -0.3 is 10.2 Å². The van der Waals surface area contributed by atoms with Crippen LogP contribution < -0.4 is 5.73 Å². The second-order valence-corrected chi connectivity index (χ2v) is 4.78. The quantitative estimate of drug-likeness (QED) is 0.750. The highest BCUT2D eigenvalue weighted by atomic mass is 32.1. The summed E-state index contributed by atoms with van der Waals surface area (Å²) in [4.78, 5) is 1.00. The van der Waals surface area contributed by atoms with E-state index in [1.807, 2.05) is 23.6 Å². The van der Waals surface area contributed by atoms with Crippen LogP contribution >= 0.6 is 11.3 Å². The summed E-state index contributed by atoms with van der Waals surface area (Å²) in [5, 5.41) is 2.70. The average Bonchev–Trinajstić information content (AvgIpc) is 2.98. The third-order valence-corrected chi connectivity index (χ3v) is 3.63. The van der Waals surface area contributed by atoms with Crippen LogP contribution in [0.1, 0.15) is 16.7 Å². The van der Waals surface area contributed by atoms with Crippen LogP contribution in [0.15, 0.2) is 46.2 Å². The fourth-order valence-corrected chi connectivity index (χ4v) is 2.54. The maximum atomic E-state index is 13.5. The van der Waals surface area contributed by atoms with Gasteiger partial charge in [-0.3, -0.25) is 0 Å². The van der Waals surface area contributed by atoms with E-state index in [1.54, 1.807) is 23.5 Å². The minimum Gasteiger partial charge on any atom is -0.456 e. The number of furan rings is 1. The number of hydrogen-bond donors (Lipinski definition) is 1. The Bertz CT molecular complexity index is 645. The zero-order valence-electron chi connectivity index (χ0n) is 8.89. The molecular weight excluding hydrogens is 237 g/mol. The number of hydrogen-bond acceptors (Lipinski definition) is 3. The van der Waals surface area contributed by atoms with Crippen LogP contribution in [0.3, 0.4) is 0 Å². The fourth-order valence-electron chi connectivity index (χ4n) is 1.81. The molecule has 2 heterocycles. The molecule has 1 unspecified atom stereocenters. The van der Waals surface area contributed by atoms with Gasteiger partial charge in [0.15, 0.2) is 11.4 Å². The van der Waals surface area contributed by atoms with Crippen LogP contribution in [0.2, 0.25) is 0 Å². The zero-order chi connectivity index (χ0) is 11.8. The Morgan fingerprint density at radius 2 is 2.12 bits per heavy atom. The van der Waals surface area contributed by atoms with Gasteiger partial charge in [0, 0.05) is 10.3 Å². The molecule has 4 heteroatoms. The largest absolute Gasteiger partial charge is 0.456 e. The molecule has 1 aromatic carbocycles. The van der Waals surface area contributed by atoms with Gasteiger partial charge in [-0.1, -0.05) is 18.2 Å². The summed E-state index contributed by atoms with van der Waals surface area (Å²) in [6, 6.07) is 10.2. The van der Waals surface area contributed by atoms with E-state index in [9.17, 15) is 4.39 Å². The molecule has 1 atom stereocenters. The highest BCUT2D eigenvalue weighted by Crippen LogP contribution is 2.29. The Kier molecular flexibility index (Phi) is 2.46. The summed E-state index contributed by atoms with van der Waals surface area (Å²) in [5.74, 6) is 0.236. The van der Waals surface area contributed by atoms with Crippen molar-refractivity contribution in [2.75, 3.05) is 0 Å². The normalized spacial score (nSPS) is 13.1. The van der Waals surface area contributed by atoms with Crippen molar-refractivity contribution in [3.8, 4) is 0 Å². The minimum atomic E-state index is -0.355. The summed E-state index contributed by atoms with van der Waals surface area (Å²) >= 11 is 1.56. The number of thiophene rings is 1. The highest BCUT2D eigenvalue weighted by Gasteiger charge is 2.16. The van der Waals surface area contributed by atoms with Gasteiger partial charge in [-0.15, -0.1) is 11.3 Å². The van der Waals surface area contributed by atoms with E-state index >= 15 is 0 Å². The molecule has 86 valence electrons. The molecule has 0 saturated heterocycles. The molecule has 0 bridgehead atoms. The number of nitrogens with two attached hydrogens (primary N) is 1. The standard InChI is InChI=1S/C13H10FNOS/c14-9-4-1-3-8-7-10(16-13(8)9)12(15)11-5-2-6-17-11/h1-7,12H,15H2. The number of rotatable bonds is 2. The predicted octanol–water partition coefficient (Wildman–Crippen LogP) is 3.68. The monoisotopic (exact) mass is 247 g/mol. The Labute approximate surface area is 101 Å². The predicted molar refractivity (Wildman–Crippen MR) is 66.5 cm³/mol. The van der Waals surface area contributed by atoms with Gasteiger partial charge in [-0.25, -0.2) is 4.39 Å². The Morgan fingerprint density at radius 3 is 2.82 bits per heavy atom. The lowest BCUT2D eigenvalue weighted by atomic mass is 10.2. The summed E-state index contributed by atoms with van der Waals surface area (Å²) < 4.78 is 19.0. The molecule has 0 spiro atoms. The van der Waals surface area contributed by atoms with E-state index in [0.717, 1.165) is 10.3 Å². The number of para-hydroxylation sites is 1. The topological polar surface area (TPSA) is 39.2 Å². The molecule has 2 nitrogen and oxygen atoms in total. The molecule has 2 aromatic heterocycles. The first-order chi connectivity index (χ1) is 8.25. The maximum Gasteiger partial charge on any atom is 0.169 e. The molecule has 0 aliphatic heterocycles. The minimum absolute atomic E-state index is 0.273. The Balaban J connectivity index is 2.10. The van der Waals surface area contributed by atoms with Crippen molar-refractivity contribution < 1.29 is 8.81 Å². The maximum absolute atomic E-state index is 13.5. The van der Waals surface area contributed by atoms with Crippen molar-refractivity contribution in [1.82, 2.24) is 0 Å². The molecule has 17 heavy (non-hydrogen) atoms. The van der Waals surface area contributed by atoms with Crippen LogP contribution in [0, 0.1) is 5.82 Å². The van der Waals surface area contributed by atoms with E-state index < -0.39 is 0 Å². The van der Waals surface area contributed by atoms with E-state index in [4.69, 9.17) is 10.2 Å². The van der Waals surface area contributed by atoms with Gasteiger partial charge in [0.2, 0.25) is 0 Å². The smallest absolute Gasteiger partial charge is 0.169 e. The lowest BCUT2D eigenvalue weighted by Crippen LogP contribution is -2.08. The van der Waals surface area contributed by atoms with Gasteiger partial charge in [-0.05, 0) is 23.6 Å². The van der Waals surface area contributed by atoms with E-state index in [2.05, 4.69) is 0 Å². The van der Waals surface area contributed by atoms with Crippen LogP contribution in [0.5, 0.6) is 0 Å². The first-order valence-electron chi connectivity index (χ1n) is 5.22. The average molecular weight is 247 g/mol. The first kappa shape index (κ1) is 10.5. The third kappa shape index (κ3) is 1.75. The summed E-state index contributed by atoms with van der Waals surface area (Å²) in [7, 11) is 0. The summed E-state index contributed by atoms with van der Waals surface area (Å²) in [6.07, 6.45) is 0. The van der Waals surface area contributed by atoms with Gasteiger partial charge in [0.1, 0.15) is 5.76 Å². The lowest BCUT2D eigenvalue weighted by molar-refractivity contribution is 0.504. The molecule has 0 aliphatic rings. The van der Waals surface area contributed by atoms with Crippen molar-refractivity contribution in [2.24, 2.45) is 5.73 Å². The van der Waals surface area contributed by atoms with Crippen LogP contribution in [-0.2, 0) is 0 Å². The van der Waals surface area contributed by atoms with Gasteiger partial charge in [0.25, 0.3) is 0 Å². The fraction of sp³-hybridized carbons (Fsp3) is 0.0769. The van der Waals surface area contributed by atoms with E-state index in [0.29, 0.717) is 5.76 Å². The third-order valence-electron chi connectivity index (χ3n) is 2.67. The summed E-state index contributed by atoms with van der Waals surface area (Å²) in [5.41, 5.74) is 6.34. The molecule has 0 radical (unpaired) electrons. The van der Waals surface area contributed by atoms with Crippen molar-refractivity contribution in [1.29, 1.82) is 0 Å². The molecule has 0 saturated carbocycles. The molecule has 0 amide bonds. The number of halogens is 1. The van der Waals surface area contributed by atoms with Crippen molar-refractivity contribution in [2.45, 2.75) is 6.04 Å².